The molecule has 590 valence electrons. The molecule has 0 amide bonds. The van der Waals surface area contributed by atoms with Gasteiger partial charge in [-0.25, -0.2) is 39.9 Å². The predicted octanol–water partition coefficient (Wildman–Crippen LogP) is 27.9. The van der Waals surface area contributed by atoms with E-state index in [1.807, 2.05) is 229 Å². The number of rotatable bonds is 12. The van der Waals surface area contributed by atoms with Gasteiger partial charge in [-0.15, -0.1) is 0 Å². The van der Waals surface area contributed by atoms with E-state index in [9.17, 15) is 0 Å². The predicted molar refractivity (Wildman–Crippen MR) is 484 cm³/mol. The van der Waals surface area contributed by atoms with Gasteiger partial charge in [-0.05, 0) is 254 Å². The standard InChI is InChI=1S/C104H88N10O6/c1-51-25-19-26-52(2)89(51)115-79-45-69-71(47-81(79)117-91-55(5)29-21-30-56(91)6)99-110-97(69)108-95-67-43-77-78(106-88-76-42-66(104(16,17)18)40-64-38-37-63-39-65(103(13,14)15)41-75(87(88)105-77)85(63)86(64)76)44-68(67)96(107-95)109-98-70-46-80(116-90-53(3)27-20-28-54(90)4)82(118-92-57(7)31-22-32-58(92)8)48-72(70)100(111-98)113-102-74-50-84(120-94-61(11)35-24-36-62(94)12)83(49-73(74)101(112-99)114-102)119-93-59(9)33-23-34-60(93)10/h19-50H,1-18H3,(H2,107,108,109,110,111,112,113,114). The average Bonchev–Trinajstić information content (AvgIpc) is 0.802. The molecular formula is C104H88N10O6. The summed E-state index contributed by atoms with van der Waals surface area (Å²) in [5.74, 6) is 8.03. The molecule has 16 heteroatoms. The molecule has 2 N–H and O–H groups in total. The highest BCUT2D eigenvalue weighted by Gasteiger charge is 2.32. The van der Waals surface area contributed by atoms with Crippen LogP contribution in [0.2, 0.25) is 0 Å². The number of nitrogens with one attached hydrogen (secondary N) is 2. The van der Waals surface area contributed by atoms with E-state index >= 15 is 0 Å². The minimum atomic E-state index is -0.182. The quantitative estimate of drug-likeness (QED) is 0.0868. The van der Waals surface area contributed by atoms with Crippen molar-refractivity contribution in [3.63, 3.8) is 0 Å². The van der Waals surface area contributed by atoms with Gasteiger partial charge >= 0.3 is 0 Å². The largest absolute Gasteiger partial charge is 0.453 e. The van der Waals surface area contributed by atoms with Crippen molar-refractivity contribution < 1.29 is 28.4 Å². The van der Waals surface area contributed by atoms with Gasteiger partial charge in [0.05, 0.1) is 22.1 Å². The third kappa shape index (κ3) is 12.6. The first-order chi connectivity index (χ1) is 57.6. The zero-order valence-corrected chi connectivity index (χ0v) is 70.5. The Bertz CT molecular complexity index is 7110. The maximum absolute atomic E-state index is 7.22. The molecule has 120 heavy (non-hydrogen) atoms. The molecule has 0 atom stereocenters. The van der Waals surface area contributed by atoms with Crippen LogP contribution in [0.4, 0.5) is 0 Å². The highest BCUT2D eigenvalue weighted by Crippen LogP contribution is 2.52. The number of aromatic amines is 2. The first-order valence-corrected chi connectivity index (χ1v) is 40.8. The Hall–Kier alpha value is -14.1. The second-order valence-corrected chi connectivity index (χ2v) is 34.7. The molecular weight excluding hydrogens is 1490 g/mol. The molecule has 6 heterocycles. The van der Waals surface area contributed by atoms with Crippen molar-refractivity contribution in [3.8, 4) is 115 Å². The summed E-state index contributed by atoms with van der Waals surface area (Å²) < 4.78 is 43.3. The molecule has 0 unspecified atom stereocenters. The van der Waals surface area contributed by atoms with Crippen LogP contribution in [-0.4, -0.2) is 49.8 Å². The van der Waals surface area contributed by atoms with Crippen molar-refractivity contribution in [1.82, 2.24) is 49.8 Å². The lowest BCUT2D eigenvalue weighted by molar-refractivity contribution is 0.413. The van der Waals surface area contributed by atoms with Gasteiger partial charge < -0.3 is 38.4 Å². The van der Waals surface area contributed by atoms with E-state index in [-0.39, 0.29) is 10.8 Å². The van der Waals surface area contributed by atoms with Gasteiger partial charge in [0.25, 0.3) is 0 Å². The Balaban J connectivity index is 0.936. The maximum atomic E-state index is 7.22. The Morgan fingerprint density at radius 3 is 0.692 bits per heavy atom. The third-order valence-electron chi connectivity index (χ3n) is 23.8. The second-order valence-electron chi connectivity index (χ2n) is 34.7. The monoisotopic (exact) mass is 1570 g/mol. The molecule has 0 fully saturated rings. The smallest absolute Gasteiger partial charge is 0.170 e. The van der Waals surface area contributed by atoms with Crippen LogP contribution in [-0.2, 0) is 10.8 Å². The van der Waals surface area contributed by atoms with Crippen LogP contribution in [0.25, 0.3) is 144 Å². The van der Waals surface area contributed by atoms with Crippen LogP contribution in [0.3, 0.4) is 0 Å². The molecule has 16 nitrogen and oxygen atoms in total. The molecule has 0 aliphatic carbocycles. The fraction of sp³-hybridized carbons (Fsp3) is 0.192. The van der Waals surface area contributed by atoms with Crippen molar-refractivity contribution in [1.29, 1.82) is 0 Å². The van der Waals surface area contributed by atoms with Crippen molar-refractivity contribution >= 4 is 98.5 Å². The van der Waals surface area contributed by atoms with E-state index in [4.69, 9.17) is 68.3 Å². The molecule has 20 rings (SSSR count). The van der Waals surface area contributed by atoms with E-state index < -0.39 is 0 Å². The molecule has 14 aromatic carbocycles. The lowest BCUT2D eigenvalue weighted by Crippen LogP contribution is -2.12. The van der Waals surface area contributed by atoms with Crippen LogP contribution < -0.4 is 28.4 Å². The summed E-state index contributed by atoms with van der Waals surface area (Å²) in [6.07, 6.45) is 0. The summed E-state index contributed by atoms with van der Waals surface area (Å²) in [6, 6.07) is 66.7. The molecule has 0 saturated heterocycles. The molecule has 0 saturated carbocycles. The van der Waals surface area contributed by atoms with E-state index in [2.05, 4.69) is 100 Å². The van der Waals surface area contributed by atoms with Gasteiger partial charge in [0.1, 0.15) is 57.1 Å². The van der Waals surface area contributed by atoms with Crippen LogP contribution in [0.1, 0.15) is 119 Å². The first-order valence-electron chi connectivity index (χ1n) is 40.8. The summed E-state index contributed by atoms with van der Waals surface area (Å²) in [4.78, 5) is 53.4. The topological polar surface area (TPSA) is 190 Å². The number of hydrogen-bond acceptors (Lipinski definition) is 14. The molecule has 4 aromatic heterocycles. The number of benzene rings is 14. The maximum Gasteiger partial charge on any atom is 0.170 e. The highest BCUT2D eigenvalue weighted by molar-refractivity contribution is 6.33. The SMILES string of the molecule is Cc1cccc(C)c1Oc1cc2c(cc1Oc1c(C)cccc1C)-c1nc-2nc2[nH]c(nc3nc(nc4[nH]c(n1)c1cc(Oc5c(C)cccc5C)c(Oc5c(C)cccc5C)cc41)-c1cc4nc5c6cc(C(C)(C)C)cc7ccc8cc(C(C)(C)C)cc(c5nc4cc1-3)c8c76)c1cc(Oc3c(C)cccc3C)c(Oc3c(C)cccc3C)cc21. The summed E-state index contributed by atoms with van der Waals surface area (Å²) >= 11 is 0. The molecule has 18 aromatic rings. The van der Waals surface area contributed by atoms with Crippen LogP contribution in [0, 0.1) is 83.1 Å². The highest BCUT2D eigenvalue weighted by atomic mass is 16.5. The Kier molecular flexibility index (Phi) is 17.3. The number of H-pyrrole nitrogens is 2. The van der Waals surface area contributed by atoms with Gasteiger partial charge in [-0.2, -0.15) is 0 Å². The normalized spacial score (nSPS) is 12.2. The summed E-state index contributed by atoms with van der Waals surface area (Å²) in [6.45, 7) is 38.1. The number of hydrogen-bond donors (Lipinski definition) is 2. The average molecular weight is 1570 g/mol. The van der Waals surface area contributed by atoms with E-state index in [0.29, 0.717) is 170 Å². The van der Waals surface area contributed by atoms with Gasteiger partial charge in [0.15, 0.2) is 57.8 Å². The number of nitrogens with zero attached hydrogens (tertiary/aromatic N) is 8. The summed E-state index contributed by atoms with van der Waals surface area (Å²) in [7, 11) is 0. The number of aromatic nitrogens is 10. The molecule has 2 aliphatic heterocycles. The van der Waals surface area contributed by atoms with Crippen LogP contribution in [0.15, 0.2) is 194 Å². The third-order valence-corrected chi connectivity index (χ3v) is 23.8. The molecule has 8 bridgehead atoms. The van der Waals surface area contributed by atoms with Crippen LogP contribution >= 0.6 is 0 Å². The van der Waals surface area contributed by atoms with Gasteiger partial charge in [-0.3, -0.25) is 0 Å². The zero-order valence-electron chi connectivity index (χ0n) is 70.5. The number of para-hydroxylation sites is 6. The van der Waals surface area contributed by atoms with E-state index in [0.717, 1.165) is 110 Å². The number of aryl methyl sites for hydroxylation is 12. The zero-order chi connectivity index (χ0) is 83.0. The lowest BCUT2D eigenvalue weighted by atomic mass is 9.80. The Morgan fingerprint density at radius 1 is 0.233 bits per heavy atom. The molecule has 0 spiro atoms. The Labute approximate surface area is 694 Å². The van der Waals surface area contributed by atoms with Gasteiger partial charge in [0.2, 0.25) is 0 Å². The fourth-order valence-corrected chi connectivity index (χ4v) is 17.2. The van der Waals surface area contributed by atoms with Crippen LogP contribution in [0.5, 0.6) is 69.0 Å². The second kappa shape index (κ2) is 27.8. The lowest BCUT2D eigenvalue weighted by Gasteiger charge is -2.24. The van der Waals surface area contributed by atoms with Gasteiger partial charge in [-0.1, -0.05) is 175 Å². The first kappa shape index (κ1) is 74.7. The number of fused-ring (bicyclic) bond motifs is 24. The molecule has 2 aliphatic rings. The van der Waals surface area contributed by atoms with Gasteiger partial charge in [0, 0.05) is 54.6 Å². The summed E-state index contributed by atoms with van der Waals surface area (Å²) in [5.41, 5.74) is 20.4. The number of ether oxygens (including phenoxy) is 6. The molecule has 0 radical (unpaired) electrons. The minimum absolute atomic E-state index is 0.182. The minimum Gasteiger partial charge on any atom is -0.453 e. The van der Waals surface area contributed by atoms with E-state index in [1.165, 1.54) is 11.1 Å². The van der Waals surface area contributed by atoms with Crippen molar-refractivity contribution in [2.75, 3.05) is 0 Å². The fourth-order valence-electron chi connectivity index (χ4n) is 17.2. The van der Waals surface area contributed by atoms with Crippen molar-refractivity contribution in [2.45, 2.75) is 135 Å². The van der Waals surface area contributed by atoms with Crippen molar-refractivity contribution in [2.24, 2.45) is 0 Å². The van der Waals surface area contributed by atoms with E-state index in [1.54, 1.807) is 0 Å². The van der Waals surface area contributed by atoms with Crippen molar-refractivity contribution in [3.05, 3.63) is 272 Å². The Morgan fingerprint density at radius 2 is 0.458 bits per heavy atom. The summed E-state index contributed by atoms with van der Waals surface area (Å²) in [5, 5.41) is 9.25.